The molecule has 0 aromatic heterocycles. The SMILES string of the molecule is CN1CC(=O)NN=C1c1ccc(OCC2CCC2)c(C(F)(F)F)c1. The number of nitrogens with zero attached hydrogens (tertiary/aromatic N) is 2. The Kier molecular flexibility index (Phi) is 4.38. The van der Waals surface area contributed by atoms with Crippen LogP contribution in [0.1, 0.15) is 30.4 Å². The number of nitrogens with one attached hydrogen (secondary N) is 1. The van der Waals surface area contributed by atoms with Gasteiger partial charge in [0.2, 0.25) is 0 Å². The largest absolute Gasteiger partial charge is 0.493 e. The molecule has 8 heteroatoms. The summed E-state index contributed by atoms with van der Waals surface area (Å²) in [7, 11) is 1.60. The van der Waals surface area contributed by atoms with E-state index in [2.05, 4.69) is 10.5 Å². The number of ether oxygens (including phenoxy) is 1. The van der Waals surface area contributed by atoms with E-state index in [-0.39, 0.29) is 29.6 Å². The standard InChI is InChI=1S/C16H18F3N3O2/c1-22-8-14(23)20-21-15(22)11-5-6-13(12(7-11)16(17,18)19)24-9-10-3-2-4-10/h5-7,10H,2-4,8-9H2,1H3,(H,20,23). The molecule has 130 valence electrons. The molecule has 1 aromatic carbocycles. The first-order valence-corrected chi connectivity index (χ1v) is 7.76. The summed E-state index contributed by atoms with van der Waals surface area (Å²) in [6.07, 6.45) is -1.42. The van der Waals surface area contributed by atoms with Crippen molar-refractivity contribution in [1.82, 2.24) is 10.3 Å². The first kappa shape index (κ1) is 16.6. The zero-order valence-corrected chi connectivity index (χ0v) is 13.2. The van der Waals surface area contributed by atoms with Gasteiger partial charge in [-0.25, -0.2) is 5.43 Å². The molecule has 0 spiro atoms. The van der Waals surface area contributed by atoms with Gasteiger partial charge < -0.3 is 9.64 Å². The van der Waals surface area contributed by atoms with Crippen molar-refractivity contribution < 1.29 is 22.7 Å². The summed E-state index contributed by atoms with van der Waals surface area (Å²) < 4.78 is 45.5. The fourth-order valence-corrected chi connectivity index (χ4v) is 2.69. The topological polar surface area (TPSA) is 53.9 Å². The Morgan fingerprint density at radius 2 is 2.12 bits per heavy atom. The van der Waals surface area contributed by atoms with E-state index in [1.807, 2.05) is 0 Å². The number of hydrazone groups is 1. The predicted molar refractivity (Wildman–Crippen MR) is 81.6 cm³/mol. The number of likely N-dealkylation sites (N-methyl/N-ethyl adjacent to an activating group) is 1. The van der Waals surface area contributed by atoms with Crippen molar-refractivity contribution >= 4 is 11.7 Å². The average molecular weight is 341 g/mol. The maximum atomic E-state index is 13.4. The van der Waals surface area contributed by atoms with E-state index in [0.717, 1.165) is 25.3 Å². The highest BCUT2D eigenvalue weighted by Gasteiger charge is 2.36. The monoisotopic (exact) mass is 341 g/mol. The van der Waals surface area contributed by atoms with Crippen LogP contribution in [0.3, 0.4) is 0 Å². The molecule has 0 unspecified atom stereocenters. The normalized spacial score (nSPS) is 18.8. The molecule has 2 aliphatic rings. The minimum atomic E-state index is -4.53. The van der Waals surface area contributed by atoms with Crippen LogP contribution in [0.4, 0.5) is 13.2 Å². The Labute approximate surface area is 137 Å². The summed E-state index contributed by atoms with van der Waals surface area (Å²) in [5, 5.41) is 3.85. The highest BCUT2D eigenvalue weighted by atomic mass is 19.4. The van der Waals surface area contributed by atoms with Gasteiger partial charge in [0.25, 0.3) is 5.91 Å². The number of amides is 1. The molecule has 0 atom stereocenters. The fraction of sp³-hybridized carbons (Fsp3) is 0.500. The van der Waals surface area contributed by atoms with E-state index < -0.39 is 11.7 Å². The summed E-state index contributed by atoms with van der Waals surface area (Å²) in [5.74, 6) is 0.152. The first-order valence-electron chi connectivity index (χ1n) is 7.76. The van der Waals surface area contributed by atoms with Crippen LogP contribution in [-0.4, -0.2) is 36.8 Å². The molecule has 0 bridgehead atoms. The molecule has 1 N–H and O–H groups in total. The third kappa shape index (κ3) is 3.47. The smallest absolute Gasteiger partial charge is 0.419 e. The second-order valence-corrected chi connectivity index (χ2v) is 6.14. The van der Waals surface area contributed by atoms with Crippen LogP contribution in [0.5, 0.6) is 5.75 Å². The highest BCUT2D eigenvalue weighted by molar-refractivity contribution is 6.02. The Morgan fingerprint density at radius 1 is 1.38 bits per heavy atom. The minimum absolute atomic E-state index is 0.0418. The quantitative estimate of drug-likeness (QED) is 0.916. The third-order valence-electron chi connectivity index (χ3n) is 4.27. The fourth-order valence-electron chi connectivity index (χ4n) is 2.69. The Bertz CT molecular complexity index is 669. The lowest BCUT2D eigenvalue weighted by Crippen LogP contribution is -2.43. The number of rotatable bonds is 4. The minimum Gasteiger partial charge on any atom is -0.493 e. The molecular weight excluding hydrogens is 323 g/mol. The molecule has 1 aromatic rings. The van der Waals surface area contributed by atoms with E-state index in [1.54, 1.807) is 7.05 Å². The molecule has 24 heavy (non-hydrogen) atoms. The van der Waals surface area contributed by atoms with Crippen molar-refractivity contribution in [2.45, 2.75) is 25.4 Å². The number of hydrogen-bond acceptors (Lipinski definition) is 4. The van der Waals surface area contributed by atoms with Gasteiger partial charge >= 0.3 is 6.18 Å². The highest BCUT2D eigenvalue weighted by Crippen LogP contribution is 2.38. The number of hydrogen-bond donors (Lipinski definition) is 1. The van der Waals surface area contributed by atoms with Crippen LogP contribution >= 0.6 is 0 Å². The van der Waals surface area contributed by atoms with Crippen molar-refractivity contribution in [3.8, 4) is 5.75 Å². The molecular formula is C16H18F3N3O2. The number of carbonyl (C=O) groups excluding carboxylic acids is 1. The van der Waals surface area contributed by atoms with Gasteiger partial charge in [0.1, 0.15) is 5.75 Å². The van der Waals surface area contributed by atoms with Crippen LogP contribution < -0.4 is 10.2 Å². The molecule has 1 saturated carbocycles. The molecule has 1 fully saturated rings. The molecule has 1 heterocycles. The maximum absolute atomic E-state index is 13.4. The van der Waals surface area contributed by atoms with Crippen molar-refractivity contribution in [2.24, 2.45) is 11.0 Å². The summed E-state index contributed by atoms with van der Waals surface area (Å²) in [4.78, 5) is 12.8. The van der Waals surface area contributed by atoms with Crippen LogP contribution in [0.25, 0.3) is 0 Å². The summed E-state index contributed by atoms with van der Waals surface area (Å²) in [6, 6.07) is 3.87. The van der Waals surface area contributed by atoms with E-state index in [0.29, 0.717) is 12.5 Å². The van der Waals surface area contributed by atoms with Gasteiger partial charge in [-0.15, -0.1) is 0 Å². The van der Waals surface area contributed by atoms with Gasteiger partial charge in [-0.2, -0.15) is 18.3 Å². The second-order valence-electron chi connectivity index (χ2n) is 6.14. The molecule has 0 saturated heterocycles. The zero-order valence-electron chi connectivity index (χ0n) is 13.2. The summed E-state index contributed by atoms with van der Waals surface area (Å²) in [5.41, 5.74) is 1.74. The van der Waals surface area contributed by atoms with Gasteiger partial charge in [-0.3, -0.25) is 4.79 Å². The summed E-state index contributed by atoms with van der Waals surface area (Å²) >= 11 is 0. The van der Waals surface area contributed by atoms with E-state index >= 15 is 0 Å². The van der Waals surface area contributed by atoms with Crippen molar-refractivity contribution in [1.29, 1.82) is 0 Å². The number of amidine groups is 1. The van der Waals surface area contributed by atoms with Gasteiger partial charge in [-0.1, -0.05) is 6.42 Å². The van der Waals surface area contributed by atoms with Crippen LogP contribution in [0.2, 0.25) is 0 Å². The Hall–Kier alpha value is -2.25. The number of benzene rings is 1. The number of alkyl halides is 3. The Balaban J connectivity index is 1.88. The Morgan fingerprint density at radius 3 is 2.71 bits per heavy atom. The molecule has 3 rings (SSSR count). The number of halogens is 3. The van der Waals surface area contributed by atoms with Crippen molar-refractivity contribution in [3.05, 3.63) is 29.3 Å². The summed E-state index contributed by atoms with van der Waals surface area (Å²) in [6.45, 7) is 0.347. The van der Waals surface area contributed by atoms with Gasteiger partial charge in [0.15, 0.2) is 5.84 Å². The first-order chi connectivity index (χ1) is 11.3. The lowest BCUT2D eigenvalue weighted by molar-refractivity contribution is -0.139. The van der Waals surface area contributed by atoms with Crippen LogP contribution in [0, 0.1) is 5.92 Å². The lowest BCUT2D eigenvalue weighted by Gasteiger charge is -2.27. The maximum Gasteiger partial charge on any atom is 0.419 e. The van der Waals surface area contributed by atoms with Gasteiger partial charge in [0, 0.05) is 12.6 Å². The predicted octanol–water partition coefficient (Wildman–Crippen LogP) is 2.61. The lowest BCUT2D eigenvalue weighted by atomic mass is 9.86. The van der Waals surface area contributed by atoms with Crippen LogP contribution in [0.15, 0.2) is 23.3 Å². The zero-order chi connectivity index (χ0) is 17.3. The molecule has 1 aliphatic heterocycles. The van der Waals surface area contributed by atoms with E-state index in [1.165, 1.54) is 17.0 Å². The van der Waals surface area contributed by atoms with Crippen molar-refractivity contribution in [2.75, 3.05) is 20.2 Å². The van der Waals surface area contributed by atoms with E-state index in [9.17, 15) is 18.0 Å². The van der Waals surface area contributed by atoms with Gasteiger partial charge in [-0.05, 0) is 37.0 Å². The van der Waals surface area contributed by atoms with Crippen LogP contribution in [-0.2, 0) is 11.0 Å². The molecule has 1 aliphatic carbocycles. The molecule has 1 amide bonds. The van der Waals surface area contributed by atoms with Crippen molar-refractivity contribution in [3.63, 3.8) is 0 Å². The van der Waals surface area contributed by atoms with Gasteiger partial charge in [0.05, 0.1) is 18.7 Å². The molecule has 0 radical (unpaired) electrons. The number of carbonyl (C=O) groups is 1. The average Bonchev–Trinajstić information content (AvgIpc) is 2.45. The molecule has 5 nitrogen and oxygen atoms in total. The third-order valence-corrected chi connectivity index (χ3v) is 4.27. The second kappa shape index (κ2) is 6.33. The van der Waals surface area contributed by atoms with E-state index in [4.69, 9.17) is 4.74 Å².